The summed E-state index contributed by atoms with van der Waals surface area (Å²) in [6, 6.07) is 11.0. The largest absolute Gasteiger partial charge is 0.493 e. The van der Waals surface area contributed by atoms with E-state index in [1.807, 2.05) is 24.3 Å². The summed E-state index contributed by atoms with van der Waals surface area (Å²) < 4.78 is 41.6. The van der Waals surface area contributed by atoms with Gasteiger partial charge < -0.3 is 9.47 Å². The minimum Gasteiger partial charge on any atom is -0.493 e. The van der Waals surface area contributed by atoms with Gasteiger partial charge in [0.15, 0.2) is 23.1 Å². The van der Waals surface area contributed by atoms with Gasteiger partial charge in [0, 0.05) is 23.9 Å². The van der Waals surface area contributed by atoms with Gasteiger partial charge >= 0.3 is 0 Å². The van der Waals surface area contributed by atoms with Crippen molar-refractivity contribution in [3.8, 4) is 17.3 Å². The Kier molecular flexibility index (Phi) is 6.15. The molecule has 2 aromatic carbocycles. The van der Waals surface area contributed by atoms with Crippen molar-refractivity contribution in [2.24, 2.45) is 0 Å². The maximum Gasteiger partial charge on any atom is 0.229 e. The van der Waals surface area contributed by atoms with E-state index in [4.69, 9.17) is 16.0 Å². The van der Waals surface area contributed by atoms with E-state index in [2.05, 4.69) is 14.8 Å². The standard InChI is InChI=1S/C27H22F2N4O2/c1-30-21-10-6-14-31-27(21)33-23-16-20(29)19(28)15-22(23)32-25(33)13-12-17-7-5-11-24(34-2)26(17)35-18-8-3-4-9-18/h5-7,10-16,18H,3-4,8-9H2,2H3. The van der Waals surface area contributed by atoms with Crippen LogP contribution >= 0.6 is 0 Å². The van der Waals surface area contributed by atoms with E-state index >= 15 is 0 Å². The molecule has 0 bridgehead atoms. The molecule has 4 aromatic rings. The monoisotopic (exact) mass is 472 g/mol. The lowest BCUT2D eigenvalue weighted by Crippen LogP contribution is -2.12. The molecule has 2 heterocycles. The third kappa shape index (κ3) is 4.33. The number of imidazole rings is 1. The molecule has 6 nitrogen and oxygen atoms in total. The van der Waals surface area contributed by atoms with Crippen LogP contribution in [0.1, 0.15) is 37.1 Å². The molecule has 8 heteroatoms. The molecule has 0 aliphatic heterocycles. The Morgan fingerprint density at radius 1 is 1.09 bits per heavy atom. The van der Waals surface area contributed by atoms with Crippen LogP contribution in [0.25, 0.3) is 33.8 Å². The average Bonchev–Trinajstić information content (AvgIpc) is 3.51. The second-order valence-corrected chi connectivity index (χ2v) is 8.25. The summed E-state index contributed by atoms with van der Waals surface area (Å²) in [7, 11) is 1.60. The zero-order valence-electron chi connectivity index (χ0n) is 19.0. The fraction of sp³-hybridized carbons (Fsp3) is 0.222. The number of para-hydroxylation sites is 1. The Labute approximate surface area is 201 Å². The quantitative estimate of drug-likeness (QED) is 0.291. The Morgan fingerprint density at radius 3 is 2.66 bits per heavy atom. The lowest BCUT2D eigenvalue weighted by Gasteiger charge is -2.18. The molecule has 0 amide bonds. The molecule has 176 valence electrons. The summed E-state index contributed by atoms with van der Waals surface area (Å²) in [5.41, 5.74) is 1.59. The number of ether oxygens (including phenoxy) is 2. The highest BCUT2D eigenvalue weighted by atomic mass is 19.2. The maximum absolute atomic E-state index is 14.2. The van der Waals surface area contributed by atoms with Crippen LogP contribution in [0.3, 0.4) is 0 Å². The van der Waals surface area contributed by atoms with E-state index in [1.54, 1.807) is 36.1 Å². The van der Waals surface area contributed by atoms with Crippen molar-refractivity contribution in [2.75, 3.05) is 7.11 Å². The highest BCUT2D eigenvalue weighted by Crippen LogP contribution is 2.36. The number of rotatable bonds is 6. The summed E-state index contributed by atoms with van der Waals surface area (Å²) in [4.78, 5) is 12.4. The van der Waals surface area contributed by atoms with Crippen molar-refractivity contribution in [3.05, 3.63) is 83.1 Å². The zero-order valence-corrected chi connectivity index (χ0v) is 19.0. The van der Waals surface area contributed by atoms with E-state index in [-0.39, 0.29) is 23.1 Å². The number of nitrogens with zero attached hydrogens (tertiary/aromatic N) is 4. The van der Waals surface area contributed by atoms with Crippen LogP contribution in [0.15, 0.2) is 48.7 Å². The van der Waals surface area contributed by atoms with E-state index in [0.717, 1.165) is 43.4 Å². The van der Waals surface area contributed by atoms with Gasteiger partial charge in [-0.3, -0.25) is 9.55 Å². The number of benzene rings is 2. The fourth-order valence-electron chi connectivity index (χ4n) is 4.36. The normalized spacial score (nSPS) is 14.0. The first-order chi connectivity index (χ1) is 17.1. The fourth-order valence-corrected chi connectivity index (χ4v) is 4.36. The van der Waals surface area contributed by atoms with Gasteiger partial charge in [-0.05, 0) is 43.9 Å². The first-order valence-corrected chi connectivity index (χ1v) is 11.3. The van der Waals surface area contributed by atoms with Crippen molar-refractivity contribution < 1.29 is 18.3 Å². The van der Waals surface area contributed by atoms with Crippen LogP contribution in [-0.4, -0.2) is 27.7 Å². The van der Waals surface area contributed by atoms with Gasteiger partial charge in [0.1, 0.15) is 11.6 Å². The van der Waals surface area contributed by atoms with E-state index < -0.39 is 11.6 Å². The third-order valence-corrected chi connectivity index (χ3v) is 6.05. The van der Waals surface area contributed by atoms with Gasteiger partial charge in [-0.1, -0.05) is 24.3 Å². The predicted octanol–water partition coefficient (Wildman–Crippen LogP) is 6.75. The Morgan fingerprint density at radius 2 is 1.89 bits per heavy atom. The minimum atomic E-state index is -1.01. The molecule has 1 aliphatic rings. The highest BCUT2D eigenvalue weighted by molar-refractivity contribution is 5.84. The Bertz CT molecular complexity index is 1470. The first kappa shape index (κ1) is 22.5. The number of fused-ring (bicyclic) bond motifs is 1. The smallest absolute Gasteiger partial charge is 0.229 e. The van der Waals surface area contributed by atoms with Crippen molar-refractivity contribution >= 4 is 28.9 Å². The molecule has 1 fully saturated rings. The number of aromatic nitrogens is 3. The molecule has 35 heavy (non-hydrogen) atoms. The molecule has 0 spiro atoms. The first-order valence-electron chi connectivity index (χ1n) is 11.3. The molecular weight excluding hydrogens is 450 g/mol. The second kappa shape index (κ2) is 9.55. The van der Waals surface area contributed by atoms with Crippen molar-refractivity contribution in [2.45, 2.75) is 31.8 Å². The van der Waals surface area contributed by atoms with E-state index in [1.165, 1.54) is 0 Å². The molecule has 0 saturated heterocycles. The molecule has 1 saturated carbocycles. The van der Waals surface area contributed by atoms with Crippen LogP contribution in [-0.2, 0) is 0 Å². The molecule has 5 rings (SSSR count). The van der Waals surface area contributed by atoms with Crippen LogP contribution in [0.4, 0.5) is 14.5 Å². The zero-order chi connectivity index (χ0) is 24.4. The molecule has 0 unspecified atom stereocenters. The SMILES string of the molecule is [C-]#[N+]c1cccnc1-n1c(C=Cc2cccc(OC)c2OC2CCCC2)nc2cc(F)c(F)cc21. The van der Waals surface area contributed by atoms with E-state index in [9.17, 15) is 8.78 Å². The lowest BCUT2D eigenvalue weighted by molar-refractivity contribution is 0.200. The topological polar surface area (TPSA) is 53.5 Å². The summed E-state index contributed by atoms with van der Waals surface area (Å²) >= 11 is 0. The van der Waals surface area contributed by atoms with Gasteiger partial charge in [-0.25, -0.2) is 18.6 Å². The number of halogens is 2. The number of hydrogen-bond acceptors (Lipinski definition) is 4. The molecule has 1 aliphatic carbocycles. The average molecular weight is 472 g/mol. The number of methoxy groups -OCH3 is 1. The number of pyridine rings is 1. The number of hydrogen-bond donors (Lipinski definition) is 0. The molecule has 0 atom stereocenters. The highest BCUT2D eigenvalue weighted by Gasteiger charge is 2.21. The van der Waals surface area contributed by atoms with Gasteiger partial charge in [-0.15, -0.1) is 0 Å². The summed E-state index contributed by atoms with van der Waals surface area (Å²) in [5, 5.41) is 0. The third-order valence-electron chi connectivity index (χ3n) is 6.05. The van der Waals surface area contributed by atoms with Crippen molar-refractivity contribution in [1.82, 2.24) is 14.5 Å². The van der Waals surface area contributed by atoms with E-state index in [0.29, 0.717) is 22.8 Å². The van der Waals surface area contributed by atoms with Gasteiger partial charge in [0.25, 0.3) is 0 Å². The van der Waals surface area contributed by atoms with Crippen LogP contribution in [0, 0.1) is 18.2 Å². The lowest BCUT2D eigenvalue weighted by atomic mass is 10.1. The summed E-state index contributed by atoms with van der Waals surface area (Å²) in [5.74, 6) is -0.0973. The molecule has 0 N–H and O–H groups in total. The molecule has 2 aromatic heterocycles. The second-order valence-electron chi connectivity index (χ2n) is 8.25. The summed E-state index contributed by atoms with van der Waals surface area (Å²) in [6.07, 6.45) is 9.46. The maximum atomic E-state index is 14.2. The van der Waals surface area contributed by atoms with Crippen molar-refractivity contribution in [1.29, 1.82) is 0 Å². The summed E-state index contributed by atoms with van der Waals surface area (Å²) in [6.45, 7) is 7.53. The van der Waals surface area contributed by atoms with Crippen LogP contribution in [0.2, 0.25) is 0 Å². The van der Waals surface area contributed by atoms with Gasteiger partial charge in [0.05, 0.1) is 30.8 Å². The van der Waals surface area contributed by atoms with Crippen molar-refractivity contribution in [3.63, 3.8) is 0 Å². The van der Waals surface area contributed by atoms with Gasteiger partial charge in [0.2, 0.25) is 5.69 Å². The van der Waals surface area contributed by atoms with Gasteiger partial charge in [-0.2, -0.15) is 0 Å². The Balaban J connectivity index is 1.65. The molecule has 0 radical (unpaired) electrons. The van der Waals surface area contributed by atoms with Crippen LogP contribution in [0.5, 0.6) is 11.5 Å². The van der Waals surface area contributed by atoms with Crippen LogP contribution < -0.4 is 9.47 Å². The Hall–Kier alpha value is -4.25. The predicted molar refractivity (Wildman–Crippen MR) is 130 cm³/mol. The minimum absolute atomic E-state index is 0.128. The molecular formula is C27H22F2N4O2.